The van der Waals surface area contributed by atoms with Gasteiger partial charge in [-0.2, -0.15) is 0 Å². The van der Waals surface area contributed by atoms with Gasteiger partial charge >= 0.3 is 0 Å². The van der Waals surface area contributed by atoms with Gasteiger partial charge in [-0.05, 0) is 48.9 Å². The van der Waals surface area contributed by atoms with Gasteiger partial charge in [0.05, 0.1) is 5.69 Å². The molecule has 0 aromatic heterocycles. The number of ketones is 1. The second-order valence-corrected chi connectivity index (χ2v) is 5.44. The van der Waals surface area contributed by atoms with E-state index in [1.54, 1.807) is 42.5 Å². The summed E-state index contributed by atoms with van der Waals surface area (Å²) >= 11 is 5.76. The molecule has 5 heteroatoms. The first-order chi connectivity index (χ1) is 10.5. The van der Waals surface area contributed by atoms with Crippen molar-refractivity contribution in [1.82, 2.24) is 0 Å². The molecule has 22 heavy (non-hydrogen) atoms. The van der Waals surface area contributed by atoms with Gasteiger partial charge in [0.1, 0.15) is 5.75 Å². The average molecular weight is 318 g/mol. The average Bonchev–Trinajstić information content (AvgIpc) is 2.48. The smallest absolute Gasteiger partial charge is 0.224 e. The third kappa shape index (κ3) is 4.33. The summed E-state index contributed by atoms with van der Waals surface area (Å²) < 4.78 is 0. The molecule has 0 atom stereocenters. The molecule has 2 aromatic rings. The maximum Gasteiger partial charge on any atom is 0.224 e. The zero-order valence-corrected chi connectivity index (χ0v) is 12.9. The van der Waals surface area contributed by atoms with Crippen LogP contribution in [0.1, 0.15) is 28.8 Å². The maximum absolute atomic E-state index is 12.0. The Bertz CT molecular complexity index is 696. The third-order valence-corrected chi connectivity index (χ3v) is 3.42. The van der Waals surface area contributed by atoms with Gasteiger partial charge < -0.3 is 10.4 Å². The Morgan fingerprint density at radius 1 is 1.09 bits per heavy atom. The predicted molar refractivity (Wildman–Crippen MR) is 86.5 cm³/mol. The topological polar surface area (TPSA) is 66.4 Å². The third-order valence-electron chi connectivity index (χ3n) is 3.17. The lowest BCUT2D eigenvalue weighted by Gasteiger charge is -2.08. The van der Waals surface area contributed by atoms with E-state index in [1.165, 1.54) is 0 Å². The van der Waals surface area contributed by atoms with Crippen LogP contribution >= 0.6 is 11.6 Å². The highest BCUT2D eigenvalue weighted by atomic mass is 35.5. The van der Waals surface area contributed by atoms with Crippen molar-refractivity contribution in [2.45, 2.75) is 19.8 Å². The van der Waals surface area contributed by atoms with Crippen LogP contribution in [0, 0.1) is 6.92 Å². The number of anilines is 1. The number of hydrogen-bond acceptors (Lipinski definition) is 3. The zero-order chi connectivity index (χ0) is 16.1. The van der Waals surface area contributed by atoms with E-state index in [1.807, 2.05) is 6.92 Å². The monoisotopic (exact) mass is 317 g/mol. The van der Waals surface area contributed by atoms with Gasteiger partial charge in [-0.15, -0.1) is 0 Å². The van der Waals surface area contributed by atoms with Crippen LogP contribution in [-0.2, 0) is 4.79 Å². The van der Waals surface area contributed by atoms with Crippen molar-refractivity contribution in [2.24, 2.45) is 0 Å². The predicted octanol–water partition coefficient (Wildman–Crippen LogP) is 3.96. The summed E-state index contributed by atoms with van der Waals surface area (Å²) in [6.45, 7) is 1.84. The standard InChI is InChI=1S/C17H16ClNO3/c1-11-2-7-14(16(21)10-11)19-17(22)9-8-15(20)12-3-5-13(18)6-4-12/h2-7,10,21H,8-9H2,1H3,(H,19,22). The van der Waals surface area contributed by atoms with Crippen LogP contribution in [0.25, 0.3) is 0 Å². The van der Waals surface area contributed by atoms with Gasteiger partial charge in [-0.25, -0.2) is 0 Å². The number of benzene rings is 2. The first-order valence-corrected chi connectivity index (χ1v) is 7.22. The minimum absolute atomic E-state index is 0.0115. The van der Waals surface area contributed by atoms with Crippen molar-refractivity contribution in [2.75, 3.05) is 5.32 Å². The fraction of sp³-hybridized carbons (Fsp3) is 0.176. The Balaban J connectivity index is 1.89. The van der Waals surface area contributed by atoms with E-state index in [0.717, 1.165) is 5.56 Å². The highest BCUT2D eigenvalue weighted by molar-refractivity contribution is 6.30. The summed E-state index contributed by atoms with van der Waals surface area (Å²) in [6.07, 6.45) is 0.148. The largest absolute Gasteiger partial charge is 0.506 e. The first-order valence-electron chi connectivity index (χ1n) is 6.84. The molecule has 0 heterocycles. The van der Waals surface area contributed by atoms with Crippen molar-refractivity contribution in [1.29, 1.82) is 0 Å². The summed E-state index contributed by atoms with van der Waals surface area (Å²) in [6, 6.07) is 11.5. The van der Waals surface area contributed by atoms with Crippen LogP contribution in [0.5, 0.6) is 5.75 Å². The number of hydrogen-bond donors (Lipinski definition) is 2. The van der Waals surface area contributed by atoms with Crippen LogP contribution in [0.2, 0.25) is 5.02 Å². The van der Waals surface area contributed by atoms with Crippen molar-refractivity contribution < 1.29 is 14.7 Å². The van der Waals surface area contributed by atoms with Crippen molar-refractivity contribution in [3.05, 3.63) is 58.6 Å². The summed E-state index contributed by atoms with van der Waals surface area (Å²) in [5.41, 5.74) is 1.76. The summed E-state index contributed by atoms with van der Waals surface area (Å²) in [4.78, 5) is 23.8. The molecule has 0 unspecified atom stereocenters. The van der Waals surface area contributed by atoms with Gasteiger partial charge in [-0.1, -0.05) is 17.7 Å². The number of nitrogens with one attached hydrogen (secondary N) is 1. The molecular formula is C17H16ClNO3. The Labute approximate surface area is 133 Å². The number of amides is 1. The lowest BCUT2D eigenvalue weighted by Crippen LogP contribution is -2.13. The number of phenolic OH excluding ortho intramolecular Hbond substituents is 1. The summed E-state index contributed by atoms with van der Waals surface area (Å²) in [5.74, 6) is -0.432. The van der Waals surface area contributed by atoms with Crippen molar-refractivity contribution >= 4 is 29.0 Å². The molecule has 0 aliphatic heterocycles. The quantitative estimate of drug-likeness (QED) is 0.648. The van der Waals surface area contributed by atoms with Crippen LogP contribution in [-0.4, -0.2) is 16.8 Å². The van der Waals surface area contributed by atoms with Crippen LogP contribution < -0.4 is 5.32 Å². The van der Waals surface area contributed by atoms with Gasteiger partial charge in [0.2, 0.25) is 5.91 Å². The molecule has 0 radical (unpaired) electrons. The number of phenols is 1. The van der Waals surface area contributed by atoms with Crippen LogP contribution in [0.15, 0.2) is 42.5 Å². The number of rotatable bonds is 5. The van der Waals surface area contributed by atoms with Gasteiger partial charge in [0.15, 0.2) is 5.78 Å². The summed E-state index contributed by atoms with van der Waals surface area (Å²) in [5, 5.41) is 12.9. The molecule has 4 nitrogen and oxygen atoms in total. The first kappa shape index (κ1) is 16.0. The molecule has 0 spiro atoms. The lowest BCUT2D eigenvalue weighted by molar-refractivity contribution is -0.116. The van der Waals surface area contributed by atoms with Gasteiger partial charge in [0, 0.05) is 23.4 Å². The molecule has 0 saturated heterocycles. The molecule has 2 N–H and O–H groups in total. The van der Waals surface area contributed by atoms with E-state index in [9.17, 15) is 14.7 Å². The molecule has 0 aliphatic carbocycles. The minimum atomic E-state index is -0.318. The van der Waals surface area contributed by atoms with E-state index in [-0.39, 0.29) is 30.3 Å². The molecule has 2 aromatic carbocycles. The number of aryl methyl sites for hydroxylation is 1. The number of halogens is 1. The van der Waals surface area contributed by atoms with Crippen molar-refractivity contribution in [3.8, 4) is 5.75 Å². The van der Waals surface area contributed by atoms with Crippen LogP contribution in [0.3, 0.4) is 0 Å². The Kier molecular flexibility index (Phi) is 5.17. The van der Waals surface area contributed by atoms with E-state index >= 15 is 0 Å². The number of Topliss-reactive ketones (excluding diaryl/α,β-unsaturated/α-hetero) is 1. The number of aromatic hydroxyl groups is 1. The van der Waals surface area contributed by atoms with Crippen molar-refractivity contribution in [3.63, 3.8) is 0 Å². The highest BCUT2D eigenvalue weighted by Gasteiger charge is 2.11. The highest BCUT2D eigenvalue weighted by Crippen LogP contribution is 2.24. The minimum Gasteiger partial charge on any atom is -0.506 e. The molecule has 0 saturated carbocycles. The Morgan fingerprint density at radius 3 is 2.41 bits per heavy atom. The van der Waals surface area contributed by atoms with E-state index in [4.69, 9.17) is 11.6 Å². The molecule has 1 amide bonds. The SMILES string of the molecule is Cc1ccc(NC(=O)CCC(=O)c2ccc(Cl)cc2)c(O)c1. The van der Waals surface area contributed by atoms with Gasteiger partial charge in [0.25, 0.3) is 0 Å². The maximum atomic E-state index is 12.0. The van der Waals surface area contributed by atoms with Crippen LogP contribution in [0.4, 0.5) is 5.69 Å². The second kappa shape index (κ2) is 7.09. The van der Waals surface area contributed by atoms with E-state index < -0.39 is 0 Å². The van der Waals surface area contributed by atoms with E-state index in [2.05, 4.69) is 5.32 Å². The zero-order valence-electron chi connectivity index (χ0n) is 12.1. The molecule has 0 bridgehead atoms. The molecule has 0 aliphatic rings. The normalized spacial score (nSPS) is 10.3. The van der Waals surface area contributed by atoms with Gasteiger partial charge in [-0.3, -0.25) is 9.59 Å². The summed E-state index contributed by atoms with van der Waals surface area (Å²) in [7, 11) is 0. The molecular weight excluding hydrogens is 302 g/mol. The fourth-order valence-corrected chi connectivity index (χ4v) is 2.09. The number of carbonyl (C=O) groups excluding carboxylic acids is 2. The molecule has 0 fully saturated rings. The molecule has 114 valence electrons. The number of carbonyl (C=O) groups is 2. The Morgan fingerprint density at radius 2 is 1.77 bits per heavy atom. The lowest BCUT2D eigenvalue weighted by atomic mass is 10.1. The molecule has 2 rings (SSSR count). The Hall–Kier alpha value is -2.33. The van der Waals surface area contributed by atoms with E-state index in [0.29, 0.717) is 16.3 Å². The second-order valence-electron chi connectivity index (χ2n) is 5.00. The fourth-order valence-electron chi connectivity index (χ4n) is 1.97.